The van der Waals surface area contributed by atoms with E-state index in [-0.39, 0.29) is 11.3 Å². The summed E-state index contributed by atoms with van der Waals surface area (Å²) in [4.78, 5) is 11.3. The molecule has 0 heterocycles. The zero-order valence-corrected chi connectivity index (χ0v) is 10.8. The highest BCUT2D eigenvalue weighted by Crippen LogP contribution is 2.24. The first-order chi connectivity index (χ1) is 7.79. The van der Waals surface area contributed by atoms with Crippen LogP contribution in [0.4, 0.5) is 0 Å². The van der Waals surface area contributed by atoms with Crippen LogP contribution in [-0.2, 0) is 14.9 Å². The van der Waals surface area contributed by atoms with Crippen LogP contribution in [0.2, 0.25) is 0 Å². The summed E-state index contributed by atoms with van der Waals surface area (Å²) in [7, 11) is -4.40. The van der Waals surface area contributed by atoms with Crippen LogP contribution in [0.3, 0.4) is 0 Å². The normalized spacial score (nSPS) is 11.2. The molecule has 0 unspecified atom stereocenters. The molecule has 0 aliphatic carbocycles. The van der Waals surface area contributed by atoms with Gasteiger partial charge in [0, 0.05) is 0 Å². The van der Waals surface area contributed by atoms with Gasteiger partial charge in [0.2, 0.25) is 0 Å². The van der Waals surface area contributed by atoms with Gasteiger partial charge in [-0.15, -0.1) is 0 Å². The fraction of sp³-hybridized carbons (Fsp3) is 0.222. The quantitative estimate of drug-likeness (QED) is 0.651. The number of phenols is 1. The van der Waals surface area contributed by atoms with Gasteiger partial charge in [0.15, 0.2) is 0 Å². The minimum atomic E-state index is -4.40. The molecule has 1 aromatic carbocycles. The lowest BCUT2D eigenvalue weighted by Crippen LogP contribution is -2.14. The first-order valence-electron chi connectivity index (χ1n) is 4.39. The molecule has 0 fully saturated rings. The van der Waals surface area contributed by atoms with E-state index in [1.54, 1.807) is 0 Å². The fourth-order valence-electron chi connectivity index (χ4n) is 0.959. The number of esters is 1. The molecule has 17 heavy (non-hydrogen) atoms. The Morgan fingerprint density at radius 2 is 2.12 bits per heavy atom. The van der Waals surface area contributed by atoms with Crippen LogP contribution >= 0.6 is 15.9 Å². The minimum absolute atomic E-state index is 0.0639. The van der Waals surface area contributed by atoms with E-state index in [2.05, 4.69) is 20.7 Å². The van der Waals surface area contributed by atoms with Crippen LogP contribution in [0.15, 0.2) is 22.7 Å². The van der Waals surface area contributed by atoms with Gasteiger partial charge in [-0.2, -0.15) is 0 Å². The van der Waals surface area contributed by atoms with Crippen molar-refractivity contribution < 1.29 is 27.6 Å². The van der Waals surface area contributed by atoms with Gasteiger partial charge >= 0.3 is 5.97 Å². The molecule has 0 spiro atoms. The number of carbonyl (C=O) groups is 1. The lowest BCUT2D eigenvalue weighted by molar-refractivity contribution is 0.0527. The Kier molecular flexibility index (Phi) is 4.49. The van der Waals surface area contributed by atoms with Crippen LogP contribution in [-0.4, -0.2) is 36.4 Å². The maximum absolute atomic E-state index is 11.3. The van der Waals surface area contributed by atoms with Crippen molar-refractivity contribution in [3.63, 3.8) is 0 Å². The van der Waals surface area contributed by atoms with Crippen LogP contribution in [0.5, 0.6) is 5.75 Å². The Bertz CT molecular complexity index is 524. The standard InChI is InChI=1S/C9H9BrO6S/c10-7-2-1-6(5-8(7)11)9(12)16-3-4-17(13,14)15/h1-2,5,11H,3-4H2,(H,13,14,15)/p-1. The van der Waals surface area contributed by atoms with Crippen molar-refractivity contribution in [2.45, 2.75) is 0 Å². The average Bonchev–Trinajstić information content (AvgIpc) is 2.20. The highest BCUT2D eigenvalue weighted by molar-refractivity contribution is 9.10. The summed E-state index contributed by atoms with van der Waals surface area (Å²) in [5, 5.41) is 9.30. The molecule has 0 saturated heterocycles. The third kappa shape index (κ3) is 4.72. The molecular weight excluding hydrogens is 316 g/mol. The Labute approximate surface area is 106 Å². The van der Waals surface area contributed by atoms with Gasteiger partial charge in [0.25, 0.3) is 0 Å². The molecule has 6 nitrogen and oxygen atoms in total. The third-order valence-corrected chi connectivity index (χ3v) is 3.09. The van der Waals surface area contributed by atoms with Gasteiger partial charge < -0.3 is 14.4 Å². The lowest BCUT2D eigenvalue weighted by Gasteiger charge is -2.08. The second-order valence-electron chi connectivity index (χ2n) is 3.06. The SMILES string of the molecule is O=C(OCCS(=O)(=O)[O-])c1ccc(Br)c(O)c1. The molecule has 94 valence electrons. The molecule has 0 aromatic heterocycles. The molecule has 0 saturated carbocycles. The van der Waals surface area contributed by atoms with Crippen molar-refractivity contribution in [1.29, 1.82) is 0 Å². The maximum Gasteiger partial charge on any atom is 0.338 e. The Morgan fingerprint density at radius 3 is 2.65 bits per heavy atom. The molecule has 0 aliphatic rings. The number of ether oxygens (including phenoxy) is 1. The van der Waals surface area contributed by atoms with E-state index in [4.69, 9.17) is 0 Å². The lowest BCUT2D eigenvalue weighted by atomic mass is 10.2. The minimum Gasteiger partial charge on any atom is -0.748 e. The molecule has 1 rings (SSSR count). The molecule has 1 N–H and O–H groups in total. The van der Waals surface area contributed by atoms with Crippen molar-refractivity contribution in [2.24, 2.45) is 0 Å². The van der Waals surface area contributed by atoms with E-state index in [1.807, 2.05) is 0 Å². The number of hydrogen-bond donors (Lipinski definition) is 1. The topological polar surface area (TPSA) is 104 Å². The van der Waals surface area contributed by atoms with Gasteiger partial charge in [0.1, 0.15) is 12.4 Å². The van der Waals surface area contributed by atoms with Gasteiger partial charge in [-0.3, -0.25) is 0 Å². The van der Waals surface area contributed by atoms with E-state index in [0.29, 0.717) is 4.47 Å². The van der Waals surface area contributed by atoms with Gasteiger partial charge in [0.05, 0.1) is 25.9 Å². The van der Waals surface area contributed by atoms with E-state index < -0.39 is 28.4 Å². The maximum atomic E-state index is 11.3. The Hall–Kier alpha value is -1.12. The van der Waals surface area contributed by atoms with E-state index >= 15 is 0 Å². The predicted octanol–water partition coefficient (Wildman–Crippen LogP) is 0.857. The highest BCUT2D eigenvalue weighted by atomic mass is 79.9. The monoisotopic (exact) mass is 323 g/mol. The average molecular weight is 324 g/mol. The van der Waals surface area contributed by atoms with Gasteiger partial charge in [-0.1, -0.05) is 0 Å². The largest absolute Gasteiger partial charge is 0.748 e. The molecule has 1 aromatic rings. The third-order valence-electron chi connectivity index (χ3n) is 1.75. The second kappa shape index (κ2) is 5.48. The van der Waals surface area contributed by atoms with Crippen molar-refractivity contribution in [1.82, 2.24) is 0 Å². The van der Waals surface area contributed by atoms with E-state index in [1.165, 1.54) is 12.1 Å². The van der Waals surface area contributed by atoms with E-state index in [0.717, 1.165) is 6.07 Å². The second-order valence-corrected chi connectivity index (χ2v) is 5.44. The number of halogens is 1. The zero-order chi connectivity index (χ0) is 13.1. The van der Waals surface area contributed by atoms with Crippen LogP contribution in [0.25, 0.3) is 0 Å². The molecular formula is C9H8BrO6S-. The summed E-state index contributed by atoms with van der Waals surface area (Å²) < 4.78 is 35.7. The summed E-state index contributed by atoms with van der Waals surface area (Å²) >= 11 is 3.03. The first kappa shape index (κ1) is 13.9. The van der Waals surface area contributed by atoms with Crippen LogP contribution in [0, 0.1) is 0 Å². The Morgan fingerprint density at radius 1 is 1.47 bits per heavy atom. The van der Waals surface area contributed by atoms with E-state index in [9.17, 15) is 22.9 Å². The number of phenolic OH excluding ortho intramolecular Hbond substituents is 1. The van der Waals surface area contributed by atoms with Crippen molar-refractivity contribution in [3.05, 3.63) is 28.2 Å². The molecule has 0 amide bonds. The molecule has 0 aliphatic heterocycles. The van der Waals surface area contributed by atoms with Gasteiger partial charge in [-0.05, 0) is 34.1 Å². The number of carbonyl (C=O) groups excluding carboxylic acids is 1. The summed E-state index contributed by atoms with van der Waals surface area (Å²) in [6.07, 6.45) is 0. The number of rotatable bonds is 4. The van der Waals surface area contributed by atoms with Crippen molar-refractivity contribution in [2.75, 3.05) is 12.4 Å². The highest BCUT2D eigenvalue weighted by Gasteiger charge is 2.10. The molecule has 0 atom stereocenters. The number of benzene rings is 1. The van der Waals surface area contributed by atoms with Gasteiger partial charge in [-0.25, -0.2) is 13.2 Å². The fourth-order valence-corrected chi connectivity index (χ4v) is 1.49. The summed E-state index contributed by atoms with van der Waals surface area (Å²) in [6, 6.07) is 3.99. The first-order valence-corrected chi connectivity index (χ1v) is 6.76. The van der Waals surface area contributed by atoms with Crippen LogP contribution in [0.1, 0.15) is 10.4 Å². The van der Waals surface area contributed by atoms with Crippen molar-refractivity contribution >= 4 is 32.0 Å². The van der Waals surface area contributed by atoms with Crippen LogP contribution < -0.4 is 0 Å². The summed E-state index contributed by atoms with van der Waals surface area (Å²) in [5.41, 5.74) is 0.0639. The number of hydrogen-bond acceptors (Lipinski definition) is 6. The Balaban J connectivity index is 2.61. The zero-order valence-electron chi connectivity index (χ0n) is 8.42. The van der Waals surface area contributed by atoms with Crippen molar-refractivity contribution in [3.8, 4) is 5.75 Å². The molecule has 8 heteroatoms. The summed E-state index contributed by atoms with van der Waals surface area (Å²) in [5.74, 6) is -1.73. The molecule has 0 bridgehead atoms. The summed E-state index contributed by atoms with van der Waals surface area (Å²) in [6.45, 7) is -0.512. The smallest absolute Gasteiger partial charge is 0.338 e. The molecule has 0 radical (unpaired) electrons. The predicted molar refractivity (Wildman–Crippen MR) is 60.7 cm³/mol. The number of aromatic hydroxyl groups is 1.